The predicted molar refractivity (Wildman–Crippen MR) is 86.8 cm³/mol. The largest absolute Gasteiger partial charge is 0.361 e. The van der Waals surface area contributed by atoms with Gasteiger partial charge in [0.2, 0.25) is 5.91 Å². The molecule has 1 aromatic rings. The molecule has 0 radical (unpaired) electrons. The second-order valence-electron chi connectivity index (χ2n) is 6.92. The van der Waals surface area contributed by atoms with E-state index in [-0.39, 0.29) is 11.7 Å². The number of Topliss-reactive ketones (excluding diaryl/α,β-unsaturated/α-hetero) is 1. The van der Waals surface area contributed by atoms with Gasteiger partial charge in [-0.15, -0.1) is 0 Å². The molecule has 3 atom stereocenters. The van der Waals surface area contributed by atoms with E-state index in [1.807, 2.05) is 30.3 Å². The summed E-state index contributed by atoms with van der Waals surface area (Å²) in [4.78, 5) is 25.0. The second kappa shape index (κ2) is 6.42. The van der Waals surface area contributed by atoms with Crippen molar-refractivity contribution >= 4 is 11.7 Å². The Morgan fingerprint density at radius 3 is 2.57 bits per heavy atom. The lowest BCUT2D eigenvalue weighted by Crippen LogP contribution is -2.52. The van der Waals surface area contributed by atoms with Crippen LogP contribution in [0.15, 0.2) is 30.3 Å². The maximum absolute atomic E-state index is 12.6. The highest BCUT2D eigenvalue weighted by Gasteiger charge is 2.50. The normalized spacial score (nSPS) is 25.5. The minimum Gasteiger partial charge on any atom is -0.361 e. The van der Waals surface area contributed by atoms with E-state index in [1.165, 1.54) is 0 Å². The topological polar surface area (TPSA) is 84.7 Å². The molecule has 1 saturated carbocycles. The molecule has 0 unspecified atom stereocenters. The Hall–Kier alpha value is -1.72. The Morgan fingerprint density at radius 1 is 1.35 bits per heavy atom. The number of nitrogens with two attached hydrogens (primary N) is 1. The number of nitrogens with one attached hydrogen (secondary N) is 1. The average Bonchev–Trinajstić information content (AvgIpc) is 3.46. The van der Waals surface area contributed by atoms with Crippen LogP contribution in [-0.2, 0) is 20.7 Å². The van der Waals surface area contributed by atoms with E-state index in [9.17, 15) is 9.59 Å². The molecule has 0 bridgehead atoms. The summed E-state index contributed by atoms with van der Waals surface area (Å²) in [5.41, 5.74) is 6.22. The van der Waals surface area contributed by atoms with Gasteiger partial charge < -0.3 is 15.8 Å². The standard InChI is InChI=1S/C18H24N2O3/c1-18(11-23-18)16(21)15(10-12-5-3-2-4-6-12)20-17(22)14(19)9-13-7-8-13/h2-6,13-15H,7-11,19H2,1H3,(H,20,22)/t14-,15-,18-/m0/s1. The van der Waals surface area contributed by atoms with Gasteiger partial charge in [-0.2, -0.15) is 0 Å². The van der Waals surface area contributed by atoms with Crippen molar-refractivity contribution in [1.82, 2.24) is 5.32 Å². The van der Waals surface area contributed by atoms with Crippen LogP contribution in [0, 0.1) is 5.92 Å². The van der Waals surface area contributed by atoms with Crippen LogP contribution >= 0.6 is 0 Å². The van der Waals surface area contributed by atoms with Gasteiger partial charge in [-0.25, -0.2) is 0 Å². The first-order chi connectivity index (χ1) is 11.0. The lowest BCUT2D eigenvalue weighted by Gasteiger charge is -2.22. The summed E-state index contributed by atoms with van der Waals surface area (Å²) >= 11 is 0. The van der Waals surface area contributed by atoms with Crippen molar-refractivity contribution in [3.63, 3.8) is 0 Å². The number of benzene rings is 1. The molecule has 3 rings (SSSR count). The molecule has 2 aliphatic rings. The number of carbonyl (C=O) groups excluding carboxylic acids is 2. The van der Waals surface area contributed by atoms with E-state index in [1.54, 1.807) is 6.92 Å². The molecular formula is C18H24N2O3. The highest BCUT2D eigenvalue weighted by Crippen LogP contribution is 2.33. The first-order valence-corrected chi connectivity index (χ1v) is 8.26. The van der Waals surface area contributed by atoms with Crippen LogP contribution < -0.4 is 11.1 Å². The summed E-state index contributed by atoms with van der Waals surface area (Å²) in [6.07, 6.45) is 3.46. The summed E-state index contributed by atoms with van der Waals surface area (Å²) < 4.78 is 5.26. The van der Waals surface area contributed by atoms with Gasteiger partial charge in [0.1, 0.15) is 5.60 Å². The van der Waals surface area contributed by atoms with Crippen molar-refractivity contribution in [2.24, 2.45) is 11.7 Å². The summed E-state index contributed by atoms with van der Waals surface area (Å²) in [5, 5.41) is 2.85. The van der Waals surface area contributed by atoms with Crippen molar-refractivity contribution in [3.8, 4) is 0 Å². The lowest BCUT2D eigenvalue weighted by atomic mass is 9.94. The highest BCUT2D eigenvalue weighted by molar-refractivity contribution is 5.97. The predicted octanol–water partition coefficient (Wildman–Crippen LogP) is 1.20. The molecule has 0 spiro atoms. The molecule has 2 fully saturated rings. The van der Waals surface area contributed by atoms with Crippen molar-refractivity contribution in [2.45, 2.75) is 50.3 Å². The van der Waals surface area contributed by atoms with Crippen LogP contribution in [0.25, 0.3) is 0 Å². The lowest BCUT2D eigenvalue weighted by molar-refractivity contribution is -0.131. The number of hydrogen-bond donors (Lipinski definition) is 2. The molecule has 23 heavy (non-hydrogen) atoms. The molecule has 3 N–H and O–H groups in total. The smallest absolute Gasteiger partial charge is 0.237 e. The van der Waals surface area contributed by atoms with E-state index in [0.717, 1.165) is 18.4 Å². The quantitative estimate of drug-likeness (QED) is 0.706. The second-order valence-corrected chi connectivity index (χ2v) is 6.92. The number of hydrogen-bond acceptors (Lipinski definition) is 4. The van der Waals surface area contributed by atoms with E-state index in [4.69, 9.17) is 10.5 Å². The summed E-state index contributed by atoms with van der Waals surface area (Å²) in [6.45, 7) is 2.19. The fraction of sp³-hybridized carbons (Fsp3) is 0.556. The number of carbonyl (C=O) groups is 2. The summed E-state index contributed by atoms with van der Waals surface area (Å²) in [6, 6.07) is 8.54. The number of ether oxygens (including phenoxy) is 1. The molecule has 1 amide bonds. The highest BCUT2D eigenvalue weighted by atomic mass is 16.6. The Morgan fingerprint density at radius 2 is 2.00 bits per heavy atom. The zero-order chi connectivity index (χ0) is 16.4. The SMILES string of the molecule is C[C@@]1(C(=O)[C@H](Cc2ccccc2)NC(=O)[C@@H](N)CC2CC2)CO1. The Labute approximate surface area is 136 Å². The monoisotopic (exact) mass is 316 g/mol. The average molecular weight is 316 g/mol. The first-order valence-electron chi connectivity index (χ1n) is 8.26. The third-order valence-electron chi connectivity index (χ3n) is 4.64. The van der Waals surface area contributed by atoms with E-state index < -0.39 is 17.7 Å². The number of epoxide rings is 1. The minimum absolute atomic E-state index is 0.0756. The van der Waals surface area contributed by atoms with Gasteiger partial charge >= 0.3 is 0 Å². The van der Waals surface area contributed by atoms with Gasteiger partial charge in [0.15, 0.2) is 5.78 Å². The van der Waals surface area contributed by atoms with Gasteiger partial charge in [0.25, 0.3) is 0 Å². The number of ketones is 1. The van der Waals surface area contributed by atoms with Gasteiger partial charge in [-0.1, -0.05) is 43.2 Å². The molecule has 124 valence electrons. The van der Waals surface area contributed by atoms with E-state index in [0.29, 0.717) is 25.4 Å². The fourth-order valence-corrected chi connectivity index (χ4v) is 2.78. The Balaban J connectivity index is 1.66. The van der Waals surface area contributed by atoms with Crippen molar-refractivity contribution in [3.05, 3.63) is 35.9 Å². The van der Waals surface area contributed by atoms with Gasteiger partial charge in [0, 0.05) is 0 Å². The molecule has 5 nitrogen and oxygen atoms in total. The third kappa shape index (κ3) is 4.18. The molecule has 1 aliphatic heterocycles. The van der Waals surface area contributed by atoms with Crippen molar-refractivity contribution in [1.29, 1.82) is 0 Å². The van der Waals surface area contributed by atoms with Crippen molar-refractivity contribution in [2.75, 3.05) is 6.61 Å². The molecule has 1 aliphatic carbocycles. The van der Waals surface area contributed by atoms with Crippen LogP contribution in [0.1, 0.15) is 31.7 Å². The zero-order valence-electron chi connectivity index (χ0n) is 13.5. The molecular weight excluding hydrogens is 292 g/mol. The Kier molecular flexibility index (Phi) is 4.50. The van der Waals surface area contributed by atoms with Crippen LogP contribution in [-0.4, -0.2) is 36.0 Å². The molecule has 1 heterocycles. The molecule has 1 saturated heterocycles. The first kappa shape index (κ1) is 16.1. The minimum atomic E-state index is -0.757. The van der Waals surface area contributed by atoms with Crippen LogP contribution in [0.2, 0.25) is 0 Å². The molecule has 5 heteroatoms. The fourth-order valence-electron chi connectivity index (χ4n) is 2.78. The van der Waals surface area contributed by atoms with Gasteiger partial charge in [-0.3, -0.25) is 9.59 Å². The maximum Gasteiger partial charge on any atom is 0.237 e. The van der Waals surface area contributed by atoms with Crippen LogP contribution in [0.3, 0.4) is 0 Å². The van der Waals surface area contributed by atoms with Gasteiger partial charge in [-0.05, 0) is 31.2 Å². The number of amides is 1. The summed E-state index contributed by atoms with van der Waals surface area (Å²) in [7, 11) is 0. The summed E-state index contributed by atoms with van der Waals surface area (Å²) in [5.74, 6) is 0.257. The van der Waals surface area contributed by atoms with E-state index in [2.05, 4.69) is 5.32 Å². The molecule has 0 aromatic heterocycles. The number of rotatable bonds is 8. The van der Waals surface area contributed by atoms with Crippen molar-refractivity contribution < 1.29 is 14.3 Å². The van der Waals surface area contributed by atoms with Gasteiger partial charge in [0.05, 0.1) is 18.7 Å². The van der Waals surface area contributed by atoms with Crippen LogP contribution in [0.5, 0.6) is 0 Å². The molecule has 1 aromatic carbocycles. The zero-order valence-corrected chi connectivity index (χ0v) is 13.5. The Bertz CT molecular complexity index is 579. The van der Waals surface area contributed by atoms with Crippen LogP contribution in [0.4, 0.5) is 0 Å². The van der Waals surface area contributed by atoms with E-state index >= 15 is 0 Å². The maximum atomic E-state index is 12.6. The third-order valence-corrected chi connectivity index (χ3v) is 4.64.